The van der Waals surface area contributed by atoms with Gasteiger partial charge in [0.05, 0.1) is 37.6 Å². The predicted molar refractivity (Wildman–Crippen MR) is 107 cm³/mol. The number of hydrogen-bond acceptors (Lipinski definition) is 7. The van der Waals surface area contributed by atoms with E-state index in [1.54, 1.807) is 13.1 Å². The van der Waals surface area contributed by atoms with Crippen LogP contribution in [0, 0.1) is 0 Å². The molecule has 0 saturated heterocycles. The SMILES string of the molecule is CCOC(=O)Cc1csc(NN=Cc2ccc(COC3CCCC3)cc2)n1. The molecule has 6 nitrogen and oxygen atoms in total. The molecule has 3 rings (SSSR count). The lowest BCUT2D eigenvalue weighted by molar-refractivity contribution is -0.142. The summed E-state index contributed by atoms with van der Waals surface area (Å²) in [6.07, 6.45) is 7.31. The minimum absolute atomic E-state index is 0.181. The number of carbonyl (C=O) groups excluding carboxylic acids is 1. The van der Waals surface area contributed by atoms with Gasteiger partial charge in [0.2, 0.25) is 5.13 Å². The van der Waals surface area contributed by atoms with E-state index in [4.69, 9.17) is 9.47 Å². The second-order valence-corrected chi connectivity index (χ2v) is 7.31. The Bertz CT molecular complexity index is 752. The molecular weight excluding hydrogens is 362 g/mol. The zero-order valence-corrected chi connectivity index (χ0v) is 16.3. The Labute approximate surface area is 163 Å². The van der Waals surface area contributed by atoms with Crippen LogP contribution in [0.15, 0.2) is 34.7 Å². The first-order chi connectivity index (χ1) is 13.2. The van der Waals surface area contributed by atoms with Crippen molar-refractivity contribution >= 4 is 28.7 Å². The molecule has 27 heavy (non-hydrogen) atoms. The quantitative estimate of drug-likeness (QED) is 0.397. The number of aromatic nitrogens is 1. The van der Waals surface area contributed by atoms with Crippen LogP contribution < -0.4 is 5.43 Å². The molecule has 2 aromatic rings. The normalized spacial score (nSPS) is 14.7. The van der Waals surface area contributed by atoms with Crippen molar-refractivity contribution < 1.29 is 14.3 Å². The Hall–Kier alpha value is -2.25. The fourth-order valence-electron chi connectivity index (χ4n) is 2.93. The number of nitrogens with zero attached hydrogens (tertiary/aromatic N) is 2. The molecule has 0 unspecified atom stereocenters. The zero-order valence-electron chi connectivity index (χ0n) is 15.5. The number of thiazole rings is 1. The molecule has 0 spiro atoms. The molecule has 0 aliphatic heterocycles. The molecule has 0 bridgehead atoms. The van der Waals surface area contributed by atoms with Gasteiger partial charge in [-0.25, -0.2) is 4.98 Å². The van der Waals surface area contributed by atoms with Crippen molar-refractivity contribution in [3.63, 3.8) is 0 Å². The smallest absolute Gasteiger partial charge is 0.311 e. The van der Waals surface area contributed by atoms with E-state index in [1.165, 1.54) is 42.6 Å². The molecule has 1 aliphatic rings. The number of rotatable bonds is 9. The Morgan fingerprint density at radius 3 is 2.85 bits per heavy atom. The number of esters is 1. The molecule has 1 N–H and O–H groups in total. The summed E-state index contributed by atoms with van der Waals surface area (Å²) in [5.41, 5.74) is 5.75. The van der Waals surface area contributed by atoms with Gasteiger partial charge in [-0.15, -0.1) is 11.3 Å². The van der Waals surface area contributed by atoms with E-state index in [1.807, 2.05) is 17.5 Å². The minimum Gasteiger partial charge on any atom is -0.466 e. The minimum atomic E-state index is -0.269. The highest BCUT2D eigenvalue weighted by atomic mass is 32.1. The third-order valence-electron chi connectivity index (χ3n) is 4.32. The Kier molecular flexibility index (Phi) is 7.36. The summed E-state index contributed by atoms with van der Waals surface area (Å²) in [6, 6.07) is 8.17. The molecule has 1 fully saturated rings. The first-order valence-corrected chi connectivity index (χ1v) is 10.2. The summed E-state index contributed by atoms with van der Waals surface area (Å²) in [6.45, 7) is 2.84. The highest BCUT2D eigenvalue weighted by Gasteiger charge is 2.15. The van der Waals surface area contributed by atoms with Gasteiger partial charge in [0.1, 0.15) is 0 Å². The number of nitrogens with one attached hydrogen (secondary N) is 1. The van der Waals surface area contributed by atoms with Crippen molar-refractivity contribution in [2.45, 2.75) is 51.7 Å². The summed E-state index contributed by atoms with van der Waals surface area (Å²) in [5, 5.41) is 6.68. The third-order valence-corrected chi connectivity index (χ3v) is 5.12. The molecule has 1 aliphatic carbocycles. The number of hydrogen-bond donors (Lipinski definition) is 1. The fraction of sp³-hybridized carbons (Fsp3) is 0.450. The predicted octanol–water partition coefficient (Wildman–Crippen LogP) is 4.15. The van der Waals surface area contributed by atoms with Gasteiger partial charge in [-0.05, 0) is 30.9 Å². The maximum atomic E-state index is 11.5. The maximum absolute atomic E-state index is 11.5. The zero-order chi connectivity index (χ0) is 18.9. The average Bonchev–Trinajstić information content (AvgIpc) is 3.33. The molecule has 0 amide bonds. The van der Waals surface area contributed by atoms with Crippen molar-refractivity contribution in [2.24, 2.45) is 5.10 Å². The van der Waals surface area contributed by atoms with E-state index in [2.05, 4.69) is 27.6 Å². The standard InChI is InChI=1S/C20H25N3O3S/c1-2-25-19(24)11-17-14-27-20(22-17)23-21-12-15-7-9-16(10-8-15)13-26-18-5-3-4-6-18/h7-10,12,14,18H,2-6,11,13H2,1H3,(H,22,23). The van der Waals surface area contributed by atoms with Gasteiger partial charge in [-0.1, -0.05) is 37.1 Å². The van der Waals surface area contributed by atoms with Crippen LogP contribution in [0.1, 0.15) is 49.4 Å². The van der Waals surface area contributed by atoms with E-state index in [-0.39, 0.29) is 12.4 Å². The summed E-state index contributed by atoms with van der Waals surface area (Å²) in [4.78, 5) is 15.8. The number of ether oxygens (including phenoxy) is 2. The van der Waals surface area contributed by atoms with E-state index >= 15 is 0 Å². The van der Waals surface area contributed by atoms with Crippen LogP contribution in [0.5, 0.6) is 0 Å². The van der Waals surface area contributed by atoms with Crippen LogP contribution in [0.4, 0.5) is 5.13 Å². The van der Waals surface area contributed by atoms with Crippen molar-refractivity contribution in [3.05, 3.63) is 46.5 Å². The topological polar surface area (TPSA) is 72.8 Å². The monoisotopic (exact) mass is 387 g/mol. The van der Waals surface area contributed by atoms with Crippen LogP contribution in [0.3, 0.4) is 0 Å². The summed E-state index contributed by atoms with van der Waals surface area (Å²) >= 11 is 1.41. The van der Waals surface area contributed by atoms with Crippen molar-refractivity contribution in [1.82, 2.24) is 4.98 Å². The summed E-state index contributed by atoms with van der Waals surface area (Å²) in [7, 11) is 0. The molecule has 0 atom stereocenters. The molecule has 144 valence electrons. The van der Waals surface area contributed by atoms with Crippen LogP contribution >= 0.6 is 11.3 Å². The molecule has 0 radical (unpaired) electrons. The lowest BCUT2D eigenvalue weighted by atomic mass is 10.1. The molecule has 1 aromatic carbocycles. The lowest BCUT2D eigenvalue weighted by Gasteiger charge is -2.10. The van der Waals surface area contributed by atoms with Gasteiger partial charge >= 0.3 is 5.97 Å². The van der Waals surface area contributed by atoms with E-state index in [9.17, 15) is 4.79 Å². The van der Waals surface area contributed by atoms with E-state index < -0.39 is 0 Å². The average molecular weight is 388 g/mol. The van der Waals surface area contributed by atoms with Gasteiger partial charge in [-0.2, -0.15) is 5.10 Å². The fourth-order valence-corrected chi connectivity index (χ4v) is 3.59. The van der Waals surface area contributed by atoms with Gasteiger partial charge in [-0.3, -0.25) is 10.2 Å². The molecule has 1 heterocycles. The van der Waals surface area contributed by atoms with Gasteiger partial charge < -0.3 is 9.47 Å². The van der Waals surface area contributed by atoms with Crippen molar-refractivity contribution in [2.75, 3.05) is 12.0 Å². The maximum Gasteiger partial charge on any atom is 0.311 e. The number of carbonyl (C=O) groups is 1. The second-order valence-electron chi connectivity index (χ2n) is 6.45. The van der Waals surface area contributed by atoms with Crippen LogP contribution in [-0.4, -0.2) is 29.9 Å². The van der Waals surface area contributed by atoms with Crippen molar-refractivity contribution in [1.29, 1.82) is 0 Å². The lowest BCUT2D eigenvalue weighted by Crippen LogP contribution is -2.07. The first-order valence-electron chi connectivity index (χ1n) is 9.32. The summed E-state index contributed by atoms with van der Waals surface area (Å²) in [5.74, 6) is -0.269. The third kappa shape index (κ3) is 6.45. The van der Waals surface area contributed by atoms with Crippen LogP contribution in [0.25, 0.3) is 0 Å². The highest BCUT2D eigenvalue weighted by Crippen LogP contribution is 2.22. The molecule has 1 saturated carbocycles. The van der Waals surface area contributed by atoms with Gasteiger partial charge in [0.25, 0.3) is 0 Å². The molecule has 1 aromatic heterocycles. The van der Waals surface area contributed by atoms with Crippen LogP contribution in [0.2, 0.25) is 0 Å². The number of anilines is 1. The van der Waals surface area contributed by atoms with Crippen LogP contribution in [-0.2, 0) is 27.3 Å². The first kappa shape index (κ1) is 19.5. The number of benzene rings is 1. The second kappa shape index (κ2) is 10.2. The summed E-state index contributed by atoms with van der Waals surface area (Å²) < 4.78 is 10.8. The Morgan fingerprint density at radius 1 is 1.33 bits per heavy atom. The van der Waals surface area contributed by atoms with Gasteiger partial charge in [0, 0.05) is 5.38 Å². The van der Waals surface area contributed by atoms with E-state index in [0.717, 1.165) is 5.56 Å². The molecule has 7 heteroatoms. The Balaban J connectivity index is 1.44. The molecular formula is C20H25N3O3S. The van der Waals surface area contributed by atoms with E-state index in [0.29, 0.717) is 30.1 Å². The largest absolute Gasteiger partial charge is 0.466 e. The number of hydrazone groups is 1. The van der Waals surface area contributed by atoms with Gasteiger partial charge in [0.15, 0.2) is 0 Å². The highest BCUT2D eigenvalue weighted by molar-refractivity contribution is 7.13. The Morgan fingerprint density at radius 2 is 2.11 bits per heavy atom. The van der Waals surface area contributed by atoms with Crippen molar-refractivity contribution in [3.8, 4) is 0 Å².